The molecule has 8 heteroatoms. The Balaban J connectivity index is 1.53. The molecule has 160 valence electrons. The Hall–Kier alpha value is -2.90. The van der Waals surface area contributed by atoms with Crippen molar-refractivity contribution in [3.8, 4) is 0 Å². The second-order valence-electron chi connectivity index (χ2n) is 8.62. The van der Waals surface area contributed by atoms with E-state index in [1.807, 2.05) is 24.3 Å². The molecule has 2 heterocycles. The molecule has 2 fully saturated rings. The van der Waals surface area contributed by atoms with Crippen LogP contribution < -0.4 is 5.32 Å². The quantitative estimate of drug-likeness (QED) is 0.600. The molecule has 1 aliphatic carbocycles. The summed E-state index contributed by atoms with van der Waals surface area (Å²) >= 11 is 0. The lowest BCUT2D eigenvalue weighted by molar-refractivity contribution is -0.154. The first kappa shape index (κ1) is 20.4. The van der Waals surface area contributed by atoms with Crippen LogP contribution in [0.3, 0.4) is 0 Å². The molecule has 1 atom stereocenters. The molecular formula is C22H27N3O5. The summed E-state index contributed by atoms with van der Waals surface area (Å²) in [5, 5.41) is 2.83. The van der Waals surface area contributed by atoms with Crippen LogP contribution in [0.1, 0.15) is 43.7 Å². The number of fused-ring (bicyclic) bond motifs is 1. The van der Waals surface area contributed by atoms with Gasteiger partial charge in [0.15, 0.2) is 0 Å². The SMILES string of the molecule is COC(=O)[C@H]1Cc2ccccc2CN1C(=O)CN1C(=O)NC2(CCC(C)CC2)C1=O. The predicted octanol–water partition coefficient (Wildman–Crippen LogP) is 1.61. The third-order valence-electron chi connectivity index (χ3n) is 6.71. The lowest BCUT2D eigenvalue weighted by Gasteiger charge is -2.36. The number of amides is 4. The maximum Gasteiger partial charge on any atom is 0.328 e. The van der Waals surface area contributed by atoms with Crippen LogP contribution in [0.2, 0.25) is 0 Å². The number of nitrogens with one attached hydrogen (secondary N) is 1. The number of imide groups is 1. The zero-order valence-electron chi connectivity index (χ0n) is 17.3. The number of nitrogens with zero attached hydrogens (tertiary/aromatic N) is 2. The van der Waals surface area contributed by atoms with Crippen molar-refractivity contribution in [3.05, 3.63) is 35.4 Å². The molecule has 1 N–H and O–H groups in total. The van der Waals surface area contributed by atoms with Crippen molar-refractivity contribution in [2.45, 2.75) is 57.2 Å². The predicted molar refractivity (Wildman–Crippen MR) is 107 cm³/mol. The number of carbonyl (C=O) groups excluding carboxylic acids is 4. The van der Waals surface area contributed by atoms with Gasteiger partial charge in [-0.3, -0.25) is 14.5 Å². The third kappa shape index (κ3) is 3.44. The van der Waals surface area contributed by atoms with Gasteiger partial charge in [-0.15, -0.1) is 0 Å². The van der Waals surface area contributed by atoms with Gasteiger partial charge in [-0.25, -0.2) is 9.59 Å². The van der Waals surface area contributed by atoms with E-state index < -0.39 is 29.5 Å². The molecule has 3 aliphatic rings. The van der Waals surface area contributed by atoms with Crippen LogP contribution in [0.5, 0.6) is 0 Å². The number of benzene rings is 1. The zero-order valence-corrected chi connectivity index (χ0v) is 17.3. The van der Waals surface area contributed by atoms with E-state index in [0.29, 0.717) is 25.2 Å². The van der Waals surface area contributed by atoms with Crippen molar-refractivity contribution in [1.82, 2.24) is 15.1 Å². The number of hydrogen-bond acceptors (Lipinski definition) is 5. The fraction of sp³-hybridized carbons (Fsp3) is 0.545. The van der Waals surface area contributed by atoms with Gasteiger partial charge in [0.25, 0.3) is 5.91 Å². The van der Waals surface area contributed by atoms with Gasteiger partial charge >= 0.3 is 12.0 Å². The van der Waals surface area contributed by atoms with E-state index in [0.717, 1.165) is 28.9 Å². The number of methoxy groups -OCH3 is 1. The van der Waals surface area contributed by atoms with E-state index in [2.05, 4.69) is 12.2 Å². The zero-order chi connectivity index (χ0) is 21.5. The molecule has 4 rings (SSSR count). The number of esters is 1. The van der Waals surface area contributed by atoms with Crippen LogP contribution >= 0.6 is 0 Å². The first-order valence-electron chi connectivity index (χ1n) is 10.4. The van der Waals surface area contributed by atoms with Crippen molar-refractivity contribution in [2.24, 2.45) is 5.92 Å². The summed E-state index contributed by atoms with van der Waals surface area (Å²) < 4.78 is 4.90. The molecule has 8 nitrogen and oxygen atoms in total. The van der Waals surface area contributed by atoms with E-state index in [4.69, 9.17) is 4.74 Å². The summed E-state index contributed by atoms with van der Waals surface area (Å²) in [6.45, 7) is 2.00. The monoisotopic (exact) mass is 413 g/mol. The molecule has 0 radical (unpaired) electrons. The highest BCUT2D eigenvalue weighted by Crippen LogP contribution is 2.36. The van der Waals surface area contributed by atoms with Gasteiger partial charge in [0, 0.05) is 13.0 Å². The lowest BCUT2D eigenvalue weighted by Crippen LogP contribution is -2.53. The first-order chi connectivity index (χ1) is 14.3. The second kappa shape index (κ2) is 7.74. The lowest BCUT2D eigenvalue weighted by atomic mass is 9.77. The average Bonchev–Trinajstić information content (AvgIpc) is 2.98. The van der Waals surface area contributed by atoms with Gasteiger partial charge < -0.3 is 15.0 Å². The molecule has 0 unspecified atom stereocenters. The minimum atomic E-state index is -0.889. The summed E-state index contributed by atoms with van der Waals surface area (Å²) in [4.78, 5) is 53.6. The molecule has 1 aromatic rings. The van der Waals surface area contributed by atoms with Gasteiger partial charge in [0.1, 0.15) is 18.1 Å². The Morgan fingerprint density at radius 2 is 1.83 bits per heavy atom. The average molecular weight is 413 g/mol. The van der Waals surface area contributed by atoms with Crippen molar-refractivity contribution < 1.29 is 23.9 Å². The van der Waals surface area contributed by atoms with E-state index in [9.17, 15) is 19.2 Å². The Morgan fingerprint density at radius 1 is 1.17 bits per heavy atom. The van der Waals surface area contributed by atoms with Crippen LogP contribution in [0.15, 0.2) is 24.3 Å². The number of hydrogen-bond donors (Lipinski definition) is 1. The molecule has 1 saturated heterocycles. The summed E-state index contributed by atoms with van der Waals surface area (Å²) in [7, 11) is 1.29. The van der Waals surface area contributed by atoms with Crippen molar-refractivity contribution in [2.75, 3.05) is 13.7 Å². The van der Waals surface area contributed by atoms with Gasteiger partial charge in [-0.2, -0.15) is 0 Å². The largest absolute Gasteiger partial charge is 0.467 e. The van der Waals surface area contributed by atoms with E-state index in [-0.39, 0.29) is 19.0 Å². The first-order valence-corrected chi connectivity index (χ1v) is 10.4. The van der Waals surface area contributed by atoms with Gasteiger partial charge in [-0.05, 0) is 42.7 Å². The molecule has 1 spiro atoms. The molecule has 0 bridgehead atoms. The number of carbonyl (C=O) groups is 4. The molecule has 1 aromatic carbocycles. The summed E-state index contributed by atoms with van der Waals surface area (Å²) in [6.07, 6.45) is 3.25. The van der Waals surface area contributed by atoms with Crippen molar-refractivity contribution in [1.29, 1.82) is 0 Å². The van der Waals surface area contributed by atoms with Crippen LogP contribution in [-0.4, -0.2) is 58.8 Å². The van der Waals surface area contributed by atoms with E-state index >= 15 is 0 Å². The number of ether oxygens (including phenoxy) is 1. The highest BCUT2D eigenvalue weighted by molar-refractivity contribution is 6.09. The Bertz CT molecular complexity index is 891. The third-order valence-corrected chi connectivity index (χ3v) is 6.71. The van der Waals surface area contributed by atoms with Crippen LogP contribution in [0.25, 0.3) is 0 Å². The van der Waals surface area contributed by atoms with Crippen LogP contribution in [0.4, 0.5) is 4.79 Å². The van der Waals surface area contributed by atoms with Crippen LogP contribution in [-0.2, 0) is 32.1 Å². The minimum Gasteiger partial charge on any atom is -0.467 e. The summed E-state index contributed by atoms with van der Waals surface area (Å²) in [5.74, 6) is -0.762. The van der Waals surface area contributed by atoms with E-state index in [1.54, 1.807) is 0 Å². The Morgan fingerprint density at radius 3 is 2.50 bits per heavy atom. The van der Waals surface area contributed by atoms with Gasteiger partial charge in [0.05, 0.1) is 7.11 Å². The smallest absolute Gasteiger partial charge is 0.328 e. The van der Waals surface area contributed by atoms with Crippen molar-refractivity contribution in [3.63, 3.8) is 0 Å². The molecule has 4 amide bonds. The number of rotatable bonds is 3. The highest BCUT2D eigenvalue weighted by Gasteiger charge is 2.53. The fourth-order valence-corrected chi connectivity index (χ4v) is 4.77. The molecule has 0 aromatic heterocycles. The van der Waals surface area contributed by atoms with E-state index in [1.165, 1.54) is 12.0 Å². The number of urea groups is 1. The molecule has 2 aliphatic heterocycles. The molecular weight excluding hydrogens is 386 g/mol. The summed E-state index contributed by atoms with van der Waals surface area (Å²) in [5.41, 5.74) is 1.04. The molecule has 30 heavy (non-hydrogen) atoms. The highest BCUT2D eigenvalue weighted by atomic mass is 16.5. The van der Waals surface area contributed by atoms with Gasteiger partial charge in [0.2, 0.25) is 5.91 Å². The van der Waals surface area contributed by atoms with Gasteiger partial charge in [-0.1, -0.05) is 31.2 Å². The maximum absolute atomic E-state index is 13.2. The Labute approximate surface area is 175 Å². The Kier molecular flexibility index (Phi) is 5.26. The topological polar surface area (TPSA) is 96.0 Å². The van der Waals surface area contributed by atoms with Crippen molar-refractivity contribution >= 4 is 23.8 Å². The normalized spacial score (nSPS) is 28.3. The maximum atomic E-state index is 13.2. The minimum absolute atomic E-state index is 0.237. The molecule has 1 saturated carbocycles. The second-order valence-corrected chi connectivity index (χ2v) is 8.62. The fourth-order valence-electron chi connectivity index (χ4n) is 4.77. The summed E-state index contributed by atoms with van der Waals surface area (Å²) in [6, 6.07) is 6.30. The van der Waals surface area contributed by atoms with Crippen LogP contribution in [0, 0.1) is 5.92 Å². The standard InChI is InChI=1S/C22H27N3O5/c1-14-7-9-22(10-8-14)20(28)25(21(29)23-22)13-18(26)24-12-16-6-4-3-5-15(16)11-17(24)19(27)30-2/h3-6,14,17H,7-13H2,1-2H3,(H,23,29)/t14?,17-,22?/m1/s1.